The average molecular weight is 275 g/mol. The quantitative estimate of drug-likeness (QED) is 0.644. The Hall–Kier alpha value is -1.82. The topological polar surface area (TPSA) is 0 Å². The van der Waals surface area contributed by atoms with Crippen molar-refractivity contribution in [1.29, 1.82) is 0 Å². The van der Waals surface area contributed by atoms with E-state index < -0.39 is 0 Å². The molecule has 21 heavy (non-hydrogen) atoms. The Morgan fingerprint density at radius 1 is 0.952 bits per heavy atom. The minimum absolute atomic E-state index is 1.08. The lowest BCUT2D eigenvalue weighted by molar-refractivity contribution is 0.924. The van der Waals surface area contributed by atoms with Crippen LogP contribution in [0.25, 0.3) is 17.2 Å². The Morgan fingerprint density at radius 3 is 2.52 bits per heavy atom. The minimum Gasteiger partial charge on any atom is -0.0651 e. The first kappa shape index (κ1) is 14.1. The molecule has 0 heterocycles. The van der Waals surface area contributed by atoms with E-state index in [1.54, 1.807) is 0 Å². The van der Waals surface area contributed by atoms with Crippen molar-refractivity contribution in [1.82, 2.24) is 0 Å². The van der Waals surface area contributed by atoms with E-state index in [-0.39, 0.29) is 0 Å². The number of hydrogen-bond donors (Lipinski definition) is 0. The molecule has 2 aromatic carbocycles. The molecule has 2 aromatic rings. The summed E-state index contributed by atoms with van der Waals surface area (Å²) in [6.07, 6.45) is 8.21. The van der Waals surface area contributed by atoms with E-state index in [9.17, 15) is 0 Å². The smallest absolute Gasteiger partial charge is 0.0164 e. The monoisotopic (exact) mass is 275 g/mol. The van der Waals surface area contributed by atoms with Crippen molar-refractivity contribution in [3.8, 4) is 11.1 Å². The van der Waals surface area contributed by atoms with Crippen molar-refractivity contribution in [3.63, 3.8) is 0 Å². The van der Waals surface area contributed by atoms with Gasteiger partial charge in [-0.25, -0.2) is 0 Å². The molecule has 3 rings (SSSR count). The first-order valence-electron chi connectivity index (χ1n) is 8.01. The first-order valence-corrected chi connectivity index (χ1v) is 8.01. The zero-order valence-electron chi connectivity index (χ0n) is 13.2. The number of benzene rings is 2. The second kappa shape index (κ2) is 5.89. The zero-order valence-corrected chi connectivity index (χ0v) is 13.2. The molecule has 0 atom stereocenters. The highest BCUT2D eigenvalue weighted by Gasteiger charge is 2.19. The highest BCUT2D eigenvalue weighted by Crippen LogP contribution is 2.39. The van der Waals surface area contributed by atoms with Gasteiger partial charge in [-0.1, -0.05) is 68.3 Å². The number of rotatable bonds is 4. The fourth-order valence-corrected chi connectivity index (χ4v) is 3.32. The molecule has 0 spiro atoms. The summed E-state index contributed by atoms with van der Waals surface area (Å²) in [5.41, 5.74) is 9.89. The maximum Gasteiger partial charge on any atom is 0.0164 e. The predicted octanol–water partition coefficient (Wildman–Crippen LogP) is 5.97. The van der Waals surface area contributed by atoms with E-state index >= 15 is 0 Å². The summed E-state index contributed by atoms with van der Waals surface area (Å²) >= 11 is 0. The molecule has 0 heteroatoms. The lowest BCUT2D eigenvalue weighted by Crippen LogP contribution is -1.94. The molecule has 0 saturated heterocycles. The molecule has 0 bridgehead atoms. The van der Waals surface area contributed by atoms with E-state index in [4.69, 9.17) is 0 Å². The van der Waals surface area contributed by atoms with Crippen LogP contribution in [0.4, 0.5) is 0 Å². The second-order valence-electron chi connectivity index (χ2n) is 5.88. The summed E-state index contributed by atoms with van der Waals surface area (Å²) in [7, 11) is 0. The Balaban J connectivity index is 2.18. The molecule has 0 fully saturated rings. The lowest BCUT2D eigenvalue weighted by Gasteiger charge is -2.15. The molecule has 107 valence electrons. The average Bonchev–Trinajstić information content (AvgIpc) is 2.90. The number of allylic oxidation sites excluding steroid dienone is 1. The molecular formula is C21H23. The summed E-state index contributed by atoms with van der Waals surface area (Å²) in [5, 5.41) is 0. The molecule has 0 N–H and O–H groups in total. The normalized spacial score (nSPS) is 13.2. The summed E-state index contributed by atoms with van der Waals surface area (Å²) in [6.45, 7) is 6.71. The third kappa shape index (κ3) is 2.55. The van der Waals surface area contributed by atoms with Crippen molar-refractivity contribution in [2.75, 3.05) is 0 Å². The Morgan fingerprint density at radius 2 is 1.76 bits per heavy atom. The zero-order chi connectivity index (χ0) is 14.8. The summed E-state index contributed by atoms with van der Waals surface area (Å²) in [5.74, 6) is 0. The van der Waals surface area contributed by atoms with E-state index in [1.807, 2.05) is 0 Å². The van der Waals surface area contributed by atoms with Crippen LogP contribution in [0.5, 0.6) is 0 Å². The highest BCUT2D eigenvalue weighted by atomic mass is 14.2. The van der Waals surface area contributed by atoms with E-state index in [0.29, 0.717) is 0 Å². The van der Waals surface area contributed by atoms with Gasteiger partial charge in [0.1, 0.15) is 0 Å². The number of aryl methyl sites for hydroxylation is 2. The SMILES string of the molecule is CCCC1=Cc2c(ccc(C)c2-c2ccccc2CC)[CH]1. The van der Waals surface area contributed by atoms with Gasteiger partial charge in [-0.2, -0.15) is 0 Å². The largest absolute Gasteiger partial charge is 0.0651 e. The van der Waals surface area contributed by atoms with Gasteiger partial charge in [0.05, 0.1) is 0 Å². The summed E-state index contributed by atoms with van der Waals surface area (Å²) in [4.78, 5) is 0. The van der Waals surface area contributed by atoms with Gasteiger partial charge in [0.15, 0.2) is 0 Å². The van der Waals surface area contributed by atoms with Gasteiger partial charge in [0, 0.05) is 6.42 Å². The molecule has 1 aliphatic carbocycles. The number of fused-ring (bicyclic) bond motifs is 1. The number of hydrogen-bond acceptors (Lipinski definition) is 0. The summed E-state index contributed by atoms with van der Waals surface area (Å²) in [6, 6.07) is 13.4. The molecule has 0 aliphatic heterocycles. The maximum atomic E-state index is 2.40. The molecule has 0 aromatic heterocycles. The van der Waals surface area contributed by atoms with Crippen molar-refractivity contribution in [2.45, 2.75) is 40.0 Å². The van der Waals surface area contributed by atoms with Gasteiger partial charge >= 0.3 is 0 Å². The van der Waals surface area contributed by atoms with Gasteiger partial charge in [0.2, 0.25) is 0 Å². The van der Waals surface area contributed by atoms with Crippen LogP contribution in [0.15, 0.2) is 42.0 Å². The molecule has 0 unspecified atom stereocenters. The molecule has 0 saturated carbocycles. The van der Waals surface area contributed by atoms with Gasteiger partial charge in [0.25, 0.3) is 0 Å². The van der Waals surface area contributed by atoms with Crippen molar-refractivity contribution in [3.05, 3.63) is 70.6 Å². The third-order valence-electron chi connectivity index (χ3n) is 4.36. The molecule has 1 radical (unpaired) electrons. The van der Waals surface area contributed by atoms with Gasteiger partial charge in [-0.3, -0.25) is 0 Å². The van der Waals surface area contributed by atoms with Crippen molar-refractivity contribution in [2.24, 2.45) is 0 Å². The Labute approximate surface area is 128 Å². The van der Waals surface area contributed by atoms with Gasteiger partial charge in [-0.15, -0.1) is 0 Å². The van der Waals surface area contributed by atoms with Crippen LogP contribution in [0.1, 0.15) is 48.9 Å². The van der Waals surface area contributed by atoms with Gasteiger partial charge < -0.3 is 0 Å². The van der Waals surface area contributed by atoms with Crippen LogP contribution in [0, 0.1) is 13.3 Å². The van der Waals surface area contributed by atoms with Crippen LogP contribution in [0.2, 0.25) is 0 Å². The van der Waals surface area contributed by atoms with Crippen LogP contribution in [-0.4, -0.2) is 0 Å². The Kier molecular flexibility index (Phi) is 3.96. The fraction of sp³-hybridized carbons (Fsp3) is 0.286. The molecular weight excluding hydrogens is 252 g/mol. The molecule has 0 nitrogen and oxygen atoms in total. The molecule has 0 amide bonds. The van der Waals surface area contributed by atoms with E-state index in [1.165, 1.54) is 51.8 Å². The van der Waals surface area contributed by atoms with Crippen LogP contribution < -0.4 is 0 Å². The van der Waals surface area contributed by atoms with Crippen molar-refractivity contribution < 1.29 is 0 Å². The van der Waals surface area contributed by atoms with Crippen LogP contribution >= 0.6 is 0 Å². The maximum absolute atomic E-state index is 2.40. The third-order valence-corrected chi connectivity index (χ3v) is 4.36. The highest BCUT2D eigenvalue weighted by molar-refractivity contribution is 5.86. The van der Waals surface area contributed by atoms with Gasteiger partial charge in [-0.05, 0) is 53.1 Å². The predicted molar refractivity (Wildman–Crippen MR) is 92.3 cm³/mol. The minimum atomic E-state index is 1.08. The van der Waals surface area contributed by atoms with Crippen LogP contribution in [-0.2, 0) is 6.42 Å². The van der Waals surface area contributed by atoms with E-state index in [0.717, 1.165) is 6.42 Å². The fourth-order valence-electron chi connectivity index (χ4n) is 3.32. The van der Waals surface area contributed by atoms with Crippen LogP contribution in [0.3, 0.4) is 0 Å². The standard InChI is InChI=1S/C21H23/c1-4-8-16-13-18-12-11-15(3)21(20(18)14-16)19-10-7-6-9-17(19)5-2/h6-7,9-14H,4-5,8H2,1-3H3. The lowest BCUT2D eigenvalue weighted by atomic mass is 9.89. The Bertz CT molecular complexity index is 689. The summed E-state index contributed by atoms with van der Waals surface area (Å²) < 4.78 is 0. The van der Waals surface area contributed by atoms with E-state index in [2.05, 4.69) is 69.7 Å². The second-order valence-corrected chi connectivity index (χ2v) is 5.88. The van der Waals surface area contributed by atoms with Crippen molar-refractivity contribution >= 4 is 6.08 Å². The molecule has 1 aliphatic rings. The first-order chi connectivity index (χ1) is 10.2.